The summed E-state index contributed by atoms with van der Waals surface area (Å²) in [4.78, 5) is 1.39. The van der Waals surface area contributed by atoms with Gasteiger partial charge in [0.2, 0.25) is 0 Å². The molecule has 1 aromatic rings. The molecule has 1 unspecified atom stereocenters. The normalized spacial score (nSPS) is 25.9. The summed E-state index contributed by atoms with van der Waals surface area (Å²) in [6, 6.07) is 11.4. The Bertz CT molecular complexity index is 330. The van der Waals surface area contributed by atoms with E-state index in [-0.39, 0.29) is 0 Å². The van der Waals surface area contributed by atoms with Crippen molar-refractivity contribution in [2.45, 2.75) is 43.5 Å². The third-order valence-corrected chi connectivity index (χ3v) is 5.30. The molecule has 2 rings (SSSR count). The highest BCUT2D eigenvalue weighted by Crippen LogP contribution is 2.32. The monoisotopic (exact) mass is 263 g/mol. The summed E-state index contributed by atoms with van der Waals surface area (Å²) < 4.78 is 0. The standard InChI is InChI=1S/C16H25NS/c1-13-8-10-14(11-9-13)16(17-2)12-18-15-6-4-3-5-7-15/h3-7,13-14,16-17H,8-12H2,1-2H3. The van der Waals surface area contributed by atoms with E-state index in [1.165, 1.54) is 36.3 Å². The van der Waals surface area contributed by atoms with Gasteiger partial charge in [-0.25, -0.2) is 0 Å². The highest BCUT2D eigenvalue weighted by Gasteiger charge is 2.24. The largest absolute Gasteiger partial charge is 0.316 e. The summed E-state index contributed by atoms with van der Waals surface area (Å²) in [6.07, 6.45) is 5.64. The summed E-state index contributed by atoms with van der Waals surface area (Å²) in [5.74, 6) is 3.02. The number of nitrogens with one attached hydrogen (secondary N) is 1. The molecule has 0 amide bonds. The Morgan fingerprint density at radius 3 is 2.44 bits per heavy atom. The lowest BCUT2D eigenvalue weighted by atomic mass is 9.80. The second kappa shape index (κ2) is 7.20. The van der Waals surface area contributed by atoms with Gasteiger partial charge >= 0.3 is 0 Å². The molecule has 100 valence electrons. The molecular weight excluding hydrogens is 238 g/mol. The maximum absolute atomic E-state index is 3.54. The molecule has 0 radical (unpaired) electrons. The molecule has 1 saturated carbocycles. The van der Waals surface area contributed by atoms with Crippen LogP contribution in [-0.4, -0.2) is 18.8 Å². The van der Waals surface area contributed by atoms with Gasteiger partial charge in [0.15, 0.2) is 0 Å². The summed E-state index contributed by atoms with van der Waals surface area (Å²) in [6.45, 7) is 2.39. The highest BCUT2D eigenvalue weighted by molar-refractivity contribution is 7.99. The van der Waals surface area contributed by atoms with Crippen LogP contribution in [0.15, 0.2) is 35.2 Å². The first-order chi connectivity index (χ1) is 8.79. The molecule has 2 heteroatoms. The van der Waals surface area contributed by atoms with Crippen LogP contribution in [-0.2, 0) is 0 Å². The van der Waals surface area contributed by atoms with E-state index in [9.17, 15) is 0 Å². The molecule has 0 spiro atoms. The summed E-state index contributed by atoms with van der Waals surface area (Å²) >= 11 is 1.99. The van der Waals surface area contributed by atoms with E-state index in [1.807, 2.05) is 11.8 Å². The van der Waals surface area contributed by atoms with Crippen LogP contribution in [0.2, 0.25) is 0 Å². The lowest BCUT2D eigenvalue weighted by molar-refractivity contribution is 0.248. The van der Waals surface area contributed by atoms with Gasteiger partial charge in [0, 0.05) is 16.7 Å². The topological polar surface area (TPSA) is 12.0 Å². The van der Waals surface area contributed by atoms with Gasteiger partial charge < -0.3 is 5.32 Å². The van der Waals surface area contributed by atoms with Crippen LogP contribution in [0.1, 0.15) is 32.6 Å². The van der Waals surface area contributed by atoms with E-state index in [2.05, 4.69) is 49.6 Å². The van der Waals surface area contributed by atoms with E-state index < -0.39 is 0 Å². The van der Waals surface area contributed by atoms with Gasteiger partial charge in [-0.2, -0.15) is 0 Å². The van der Waals surface area contributed by atoms with Crippen molar-refractivity contribution in [2.24, 2.45) is 11.8 Å². The third-order valence-electron chi connectivity index (χ3n) is 4.17. The van der Waals surface area contributed by atoms with Crippen molar-refractivity contribution in [3.05, 3.63) is 30.3 Å². The Morgan fingerprint density at radius 1 is 1.17 bits per heavy atom. The van der Waals surface area contributed by atoms with Crippen molar-refractivity contribution in [1.29, 1.82) is 0 Å². The molecule has 1 aliphatic carbocycles. The fraction of sp³-hybridized carbons (Fsp3) is 0.625. The summed E-state index contributed by atoms with van der Waals surface area (Å²) in [7, 11) is 2.12. The Hall–Kier alpha value is -0.470. The van der Waals surface area contributed by atoms with Crippen LogP contribution >= 0.6 is 11.8 Å². The van der Waals surface area contributed by atoms with Crippen molar-refractivity contribution in [3.63, 3.8) is 0 Å². The van der Waals surface area contributed by atoms with Crippen molar-refractivity contribution >= 4 is 11.8 Å². The molecule has 0 saturated heterocycles. The molecule has 1 fully saturated rings. The van der Waals surface area contributed by atoms with Gasteiger partial charge in [-0.1, -0.05) is 38.0 Å². The number of hydrogen-bond donors (Lipinski definition) is 1. The fourth-order valence-electron chi connectivity index (χ4n) is 2.85. The molecule has 0 heterocycles. The first kappa shape index (κ1) is 14.0. The minimum absolute atomic E-state index is 0.669. The second-order valence-corrected chi connectivity index (χ2v) is 6.63. The molecule has 1 aromatic carbocycles. The van der Waals surface area contributed by atoms with Crippen LogP contribution in [0.3, 0.4) is 0 Å². The van der Waals surface area contributed by atoms with Crippen molar-refractivity contribution in [2.75, 3.05) is 12.8 Å². The maximum Gasteiger partial charge on any atom is 0.0186 e. The van der Waals surface area contributed by atoms with Crippen molar-refractivity contribution in [3.8, 4) is 0 Å². The zero-order chi connectivity index (χ0) is 12.8. The molecule has 0 bridgehead atoms. The SMILES string of the molecule is CNC(CSc1ccccc1)C1CCC(C)CC1. The molecule has 0 aromatic heterocycles. The highest BCUT2D eigenvalue weighted by atomic mass is 32.2. The van der Waals surface area contributed by atoms with Gasteiger partial charge in [0.1, 0.15) is 0 Å². The number of rotatable bonds is 5. The first-order valence-corrected chi connectivity index (χ1v) is 8.13. The maximum atomic E-state index is 3.54. The van der Waals surface area contributed by atoms with E-state index in [0.717, 1.165) is 11.8 Å². The smallest absolute Gasteiger partial charge is 0.0186 e. The summed E-state index contributed by atoms with van der Waals surface area (Å²) in [5, 5.41) is 3.54. The van der Waals surface area contributed by atoms with Crippen molar-refractivity contribution in [1.82, 2.24) is 5.32 Å². The molecule has 1 nitrogen and oxygen atoms in total. The first-order valence-electron chi connectivity index (χ1n) is 7.14. The average Bonchev–Trinajstić information content (AvgIpc) is 2.42. The minimum Gasteiger partial charge on any atom is -0.316 e. The van der Waals surface area contributed by atoms with Gasteiger partial charge in [-0.05, 0) is 43.9 Å². The van der Waals surface area contributed by atoms with Crippen LogP contribution in [0, 0.1) is 11.8 Å². The van der Waals surface area contributed by atoms with E-state index in [4.69, 9.17) is 0 Å². The predicted molar refractivity (Wildman–Crippen MR) is 81.1 cm³/mol. The molecular formula is C16H25NS. The van der Waals surface area contributed by atoms with Gasteiger partial charge in [0.05, 0.1) is 0 Å². The van der Waals surface area contributed by atoms with Crippen LogP contribution in [0.4, 0.5) is 0 Å². The van der Waals surface area contributed by atoms with Gasteiger partial charge in [-0.3, -0.25) is 0 Å². The molecule has 1 aliphatic rings. The van der Waals surface area contributed by atoms with Crippen LogP contribution in [0.5, 0.6) is 0 Å². The minimum atomic E-state index is 0.669. The molecule has 0 aliphatic heterocycles. The van der Waals surface area contributed by atoms with Crippen LogP contribution < -0.4 is 5.32 Å². The molecule has 1 atom stereocenters. The van der Waals surface area contributed by atoms with Gasteiger partial charge in [0.25, 0.3) is 0 Å². The van der Waals surface area contributed by atoms with Crippen LogP contribution in [0.25, 0.3) is 0 Å². The molecule has 1 N–H and O–H groups in total. The van der Waals surface area contributed by atoms with Crippen molar-refractivity contribution < 1.29 is 0 Å². The Balaban J connectivity index is 1.82. The van der Waals surface area contributed by atoms with Gasteiger partial charge in [-0.15, -0.1) is 11.8 Å². The third kappa shape index (κ3) is 4.03. The number of thioether (sulfide) groups is 1. The number of benzene rings is 1. The fourth-order valence-corrected chi connectivity index (χ4v) is 4.01. The lowest BCUT2D eigenvalue weighted by Crippen LogP contribution is -2.37. The second-order valence-electron chi connectivity index (χ2n) is 5.54. The molecule has 18 heavy (non-hydrogen) atoms. The zero-order valence-electron chi connectivity index (χ0n) is 11.6. The number of hydrogen-bond acceptors (Lipinski definition) is 2. The average molecular weight is 263 g/mol. The van der Waals surface area contributed by atoms with E-state index in [1.54, 1.807) is 0 Å². The Kier molecular flexibility index (Phi) is 5.58. The Labute approximate surface area is 116 Å². The Morgan fingerprint density at radius 2 is 1.83 bits per heavy atom. The van der Waals surface area contributed by atoms with E-state index >= 15 is 0 Å². The quantitative estimate of drug-likeness (QED) is 0.799. The predicted octanol–water partition coefficient (Wildman–Crippen LogP) is 4.19. The zero-order valence-corrected chi connectivity index (χ0v) is 12.4. The lowest BCUT2D eigenvalue weighted by Gasteiger charge is -2.32. The summed E-state index contributed by atoms with van der Waals surface area (Å²) in [5.41, 5.74) is 0. The van der Waals surface area contributed by atoms with E-state index in [0.29, 0.717) is 6.04 Å².